The Morgan fingerprint density at radius 1 is 1.00 bits per heavy atom. The van der Waals surface area contributed by atoms with Crippen LogP contribution in [0.15, 0.2) is 42.5 Å². The average Bonchev–Trinajstić information content (AvgIpc) is 3.19. The number of ether oxygens (including phenoxy) is 1. The second-order valence-electron chi connectivity index (χ2n) is 7.98. The van der Waals surface area contributed by atoms with Crippen LogP contribution in [0.25, 0.3) is 0 Å². The number of anilines is 2. The highest BCUT2D eigenvalue weighted by Gasteiger charge is 2.34. The minimum absolute atomic E-state index is 0.0112. The fourth-order valence-electron chi connectivity index (χ4n) is 4.46. The maximum Gasteiger partial charge on any atom is 0.338 e. The average molecular weight is 429 g/mol. The topological polar surface area (TPSA) is 84.0 Å². The van der Waals surface area contributed by atoms with Crippen LogP contribution in [0.2, 0.25) is 0 Å². The zero-order valence-corrected chi connectivity index (χ0v) is 18.0. The molecular weight excluding hydrogens is 404 g/mol. The molecule has 0 saturated carbocycles. The third-order valence-electron chi connectivity index (χ3n) is 5.63. The van der Waals surface area contributed by atoms with E-state index in [2.05, 4.69) is 0 Å². The van der Waals surface area contributed by atoms with Gasteiger partial charge < -0.3 is 9.64 Å². The Kier molecular flexibility index (Phi) is 5.05. The predicted molar refractivity (Wildman–Crippen MR) is 114 cm³/mol. The van der Waals surface area contributed by atoms with Gasteiger partial charge in [0.2, 0.25) is 10.0 Å². The Bertz CT molecular complexity index is 1130. The van der Waals surface area contributed by atoms with Gasteiger partial charge in [-0.1, -0.05) is 18.2 Å². The number of benzene rings is 2. The summed E-state index contributed by atoms with van der Waals surface area (Å²) in [4.78, 5) is 26.9. The van der Waals surface area contributed by atoms with E-state index in [4.69, 9.17) is 4.74 Å². The van der Waals surface area contributed by atoms with Gasteiger partial charge in [-0.15, -0.1) is 0 Å². The summed E-state index contributed by atoms with van der Waals surface area (Å²) in [7, 11) is -3.39. The molecule has 2 aromatic rings. The van der Waals surface area contributed by atoms with Crippen molar-refractivity contribution < 1.29 is 22.7 Å². The number of esters is 1. The van der Waals surface area contributed by atoms with Crippen LogP contribution in [0.3, 0.4) is 0 Å². The zero-order valence-electron chi connectivity index (χ0n) is 17.2. The predicted octanol–water partition coefficient (Wildman–Crippen LogP) is 2.53. The van der Waals surface area contributed by atoms with Crippen LogP contribution in [-0.2, 0) is 32.4 Å². The molecule has 4 rings (SSSR count). The fraction of sp³-hybridized carbons (Fsp3) is 0.364. The van der Waals surface area contributed by atoms with E-state index < -0.39 is 16.0 Å². The van der Waals surface area contributed by atoms with Crippen molar-refractivity contribution in [2.75, 3.05) is 22.1 Å². The molecule has 0 aromatic heterocycles. The Balaban J connectivity index is 1.46. The highest BCUT2D eigenvalue weighted by Crippen LogP contribution is 2.35. The van der Waals surface area contributed by atoms with Crippen LogP contribution in [0.1, 0.15) is 35.3 Å². The van der Waals surface area contributed by atoms with Crippen LogP contribution in [0, 0.1) is 0 Å². The largest absolute Gasteiger partial charge is 0.452 e. The highest BCUT2D eigenvalue weighted by molar-refractivity contribution is 7.92. The van der Waals surface area contributed by atoms with Crippen LogP contribution in [-0.4, -0.2) is 45.2 Å². The molecule has 30 heavy (non-hydrogen) atoms. The number of para-hydroxylation sites is 1. The van der Waals surface area contributed by atoms with Crippen LogP contribution >= 0.6 is 0 Å². The monoisotopic (exact) mass is 428 g/mol. The second kappa shape index (κ2) is 7.43. The second-order valence-corrected chi connectivity index (χ2v) is 9.84. The summed E-state index contributed by atoms with van der Waals surface area (Å²) in [6, 6.07) is 12.3. The van der Waals surface area contributed by atoms with Gasteiger partial charge in [0.15, 0.2) is 6.61 Å². The molecule has 0 radical (unpaired) electrons. The summed E-state index contributed by atoms with van der Waals surface area (Å²) < 4.78 is 30.7. The number of nitrogens with zero attached hydrogens (tertiary/aromatic N) is 2. The lowest BCUT2D eigenvalue weighted by Gasteiger charge is -2.22. The first kappa shape index (κ1) is 20.4. The van der Waals surface area contributed by atoms with Crippen LogP contribution in [0.5, 0.6) is 0 Å². The lowest BCUT2D eigenvalue weighted by Crippen LogP contribution is -2.38. The Morgan fingerprint density at radius 2 is 1.70 bits per heavy atom. The summed E-state index contributed by atoms with van der Waals surface area (Å²) >= 11 is 0. The number of rotatable bonds is 4. The van der Waals surface area contributed by atoms with E-state index in [0.717, 1.165) is 23.2 Å². The molecule has 7 nitrogen and oxygen atoms in total. The number of carbonyl (C=O) groups is 2. The smallest absolute Gasteiger partial charge is 0.338 e. The number of amides is 1. The van der Waals surface area contributed by atoms with E-state index in [1.54, 1.807) is 17.0 Å². The molecule has 0 saturated heterocycles. The van der Waals surface area contributed by atoms with Crippen molar-refractivity contribution in [2.24, 2.45) is 0 Å². The van der Waals surface area contributed by atoms with Crippen molar-refractivity contribution in [3.8, 4) is 0 Å². The third kappa shape index (κ3) is 3.56. The van der Waals surface area contributed by atoms with E-state index in [0.29, 0.717) is 17.7 Å². The molecule has 0 unspecified atom stereocenters. The number of fused-ring (bicyclic) bond motifs is 2. The molecule has 2 heterocycles. The molecule has 0 bridgehead atoms. The van der Waals surface area contributed by atoms with Crippen molar-refractivity contribution in [2.45, 2.75) is 38.8 Å². The molecular formula is C22H24N2O5S. The molecule has 0 spiro atoms. The third-order valence-corrected chi connectivity index (χ3v) is 6.90. The van der Waals surface area contributed by atoms with Crippen molar-refractivity contribution in [1.29, 1.82) is 0 Å². The van der Waals surface area contributed by atoms with Gasteiger partial charge in [-0.3, -0.25) is 9.10 Å². The first-order valence-corrected chi connectivity index (χ1v) is 11.7. The Hall–Kier alpha value is -2.87. The summed E-state index contributed by atoms with van der Waals surface area (Å²) in [6.07, 6.45) is 2.46. The van der Waals surface area contributed by atoms with Crippen molar-refractivity contribution in [1.82, 2.24) is 0 Å². The number of carbonyl (C=O) groups excluding carboxylic acids is 2. The molecule has 2 atom stereocenters. The van der Waals surface area contributed by atoms with Crippen LogP contribution < -0.4 is 9.21 Å². The van der Waals surface area contributed by atoms with Gasteiger partial charge in [-0.2, -0.15) is 0 Å². The molecule has 1 amide bonds. The first-order chi connectivity index (χ1) is 14.2. The molecule has 2 aromatic carbocycles. The first-order valence-electron chi connectivity index (χ1n) is 9.86. The SMILES string of the molecule is C[C@@H]1Cc2ccccc2N1C(=O)COC(=O)c1ccc2c(c1)C[C@H](C)N2S(C)(=O)=O. The van der Waals surface area contributed by atoms with Gasteiger partial charge >= 0.3 is 5.97 Å². The number of sulfonamides is 1. The van der Waals surface area contributed by atoms with E-state index in [9.17, 15) is 18.0 Å². The molecule has 2 aliphatic heterocycles. The van der Waals surface area contributed by atoms with Gasteiger partial charge in [0.25, 0.3) is 5.91 Å². The lowest BCUT2D eigenvalue weighted by molar-refractivity contribution is -0.122. The van der Waals surface area contributed by atoms with E-state index in [1.807, 2.05) is 38.1 Å². The lowest BCUT2D eigenvalue weighted by atomic mass is 10.1. The zero-order chi connectivity index (χ0) is 21.6. The van der Waals surface area contributed by atoms with Gasteiger partial charge in [0.05, 0.1) is 17.5 Å². The van der Waals surface area contributed by atoms with E-state index >= 15 is 0 Å². The minimum Gasteiger partial charge on any atom is -0.452 e. The van der Waals surface area contributed by atoms with Gasteiger partial charge in [-0.25, -0.2) is 13.2 Å². The molecule has 158 valence electrons. The summed E-state index contributed by atoms with van der Waals surface area (Å²) in [6.45, 7) is 3.45. The Labute approximate surface area is 176 Å². The van der Waals surface area contributed by atoms with Crippen molar-refractivity contribution in [3.05, 3.63) is 59.2 Å². The maximum atomic E-state index is 12.7. The minimum atomic E-state index is -3.39. The number of hydrogen-bond donors (Lipinski definition) is 0. The Morgan fingerprint density at radius 3 is 2.43 bits per heavy atom. The molecule has 0 fully saturated rings. The standard InChI is InChI=1S/C22H24N2O5S/c1-14-10-16-6-4-5-7-19(16)23(14)21(25)13-29-22(26)17-8-9-20-18(12-17)11-15(2)24(20)30(3,27)28/h4-9,12,14-15H,10-11,13H2,1-3H3/t14-,15+/m1/s1. The normalized spacial score (nSPS) is 20.1. The fourth-order valence-corrected chi connectivity index (χ4v) is 5.72. The molecule has 2 aliphatic rings. The molecule has 8 heteroatoms. The van der Waals surface area contributed by atoms with Crippen LogP contribution in [0.4, 0.5) is 11.4 Å². The van der Waals surface area contributed by atoms with Gasteiger partial charge in [-0.05, 0) is 62.1 Å². The highest BCUT2D eigenvalue weighted by atomic mass is 32.2. The van der Waals surface area contributed by atoms with Crippen molar-refractivity contribution in [3.63, 3.8) is 0 Å². The summed E-state index contributed by atoms with van der Waals surface area (Å²) in [5.41, 5.74) is 3.63. The van der Waals surface area contributed by atoms with E-state index in [-0.39, 0.29) is 24.6 Å². The summed E-state index contributed by atoms with van der Waals surface area (Å²) in [5, 5.41) is 0. The van der Waals surface area contributed by atoms with Crippen molar-refractivity contribution >= 4 is 33.3 Å². The maximum absolute atomic E-state index is 12.7. The summed E-state index contributed by atoms with van der Waals surface area (Å²) in [5.74, 6) is -0.865. The van der Waals surface area contributed by atoms with Gasteiger partial charge in [0.1, 0.15) is 0 Å². The molecule has 0 N–H and O–H groups in total. The number of hydrogen-bond acceptors (Lipinski definition) is 5. The molecule has 0 aliphatic carbocycles. The quantitative estimate of drug-likeness (QED) is 0.699. The van der Waals surface area contributed by atoms with Gasteiger partial charge in [0, 0.05) is 17.8 Å². The van der Waals surface area contributed by atoms with E-state index in [1.165, 1.54) is 16.6 Å².